The number of piperidine rings is 1. The Morgan fingerprint density at radius 1 is 1.43 bits per heavy atom. The average molecular weight is 364 g/mol. The number of sulfonamides is 1. The van der Waals surface area contributed by atoms with Gasteiger partial charge in [-0.2, -0.15) is 4.31 Å². The SMILES string of the molecule is CNCC1CCCN(S(=O)(=O)c2c(C)cccc2[N+](=O)[O-])C1.Cl. The highest BCUT2D eigenvalue weighted by atomic mass is 35.5. The number of benzene rings is 1. The minimum absolute atomic E-state index is 0. The number of nitrogens with zero attached hydrogens (tertiary/aromatic N) is 2. The fourth-order valence-electron chi connectivity index (χ4n) is 2.95. The van der Waals surface area contributed by atoms with E-state index in [9.17, 15) is 18.5 Å². The Hall–Kier alpha value is -1.22. The molecular weight excluding hydrogens is 342 g/mol. The second-order valence-corrected chi connectivity index (χ2v) is 7.48. The van der Waals surface area contributed by atoms with E-state index in [0.717, 1.165) is 19.4 Å². The fraction of sp³-hybridized carbons (Fsp3) is 0.571. The maximum absolute atomic E-state index is 12.9. The lowest BCUT2D eigenvalue weighted by atomic mass is 10.00. The van der Waals surface area contributed by atoms with Crippen molar-refractivity contribution < 1.29 is 13.3 Å². The molecule has 0 spiro atoms. The van der Waals surface area contributed by atoms with Crippen molar-refractivity contribution in [1.82, 2.24) is 9.62 Å². The van der Waals surface area contributed by atoms with Crippen LogP contribution in [0.2, 0.25) is 0 Å². The molecule has 1 fully saturated rings. The molecule has 0 saturated carbocycles. The van der Waals surface area contributed by atoms with Crippen molar-refractivity contribution in [3.8, 4) is 0 Å². The van der Waals surface area contributed by atoms with Crippen LogP contribution in [0.5, 0.6) is 0 Å². The molecule has 1 aliphatic rings. The Kier molecular flexibility index (Phi) is 6.94. The van der Waals surface area contributed by atoms with Gasteiger partial charge in [0.15, 0.2) is 4.90 Å². The first kappa shape index (κ1) is 19.8. The van der Waals surface area contributed by atoms with Crippen LogP contribution in [0.3, 0.4) is 0 Å². The fourth-order valence-corrected chi connectivity index (χ4v) is 4.86. The van der Waals surface area contributed by atoms with Crippen molar-refractivity contribution in [2.75, 3.05) is 26.7 Å². The van der Waals surface area contributed by atoms with Gasteiger partial charge in [0.25, 0.3) is 5.69 Å². The third kappa shape index (κ3) is 4.20. The summed E-state index contributed by atoms with van der Waals surface area (Å²) in [5, 5.41) is 14.2. The molecule has 1 aliphatic heterocycles. The lowest BCUT2D eigenvalue weighted by Crippen LogP contribution is -2.42. The summed E-state index contributed by atoms with van der Waals surface area (Å²) in [5.74, 6) is 0.233. The van der Waals surface area contributed by atoms with E-state index in [2.05, 4.69) is 5.32 Å². The molecule has 1 saturated heterocycles. The van der Waals surface area contributed by atoms with Crippen molar-refractivity contribution >= 4 is 28.1 Å². The molecule has 0 amide bonds. The van der Waals surface area contributed by atoms with Gasteiger partial charge in [0, 0.05) is 19.2 Å². The van der Waals surface area contributed by atoms with Gasteiger partial charge in [0.05, 0.1) is 4.92 Å². The predicted molar refractivity (Wildman–Crippen MR) is 90.5 cm³/mol. The van der Waals surface area contributed by atoms with E-state index in [1.165, 1.54) is 16.4 Å². The number of hydrogen-bond donors (Lipinski definition) is 1. The molecule has 130 valence electrons. The van der Waals surface area contributed by atoms with E-state index in [0.29, 0.717) is 18.7 Å². The molecule has 0 bridgehead atoms. The Labute approximate surface area is 142 Å². The molecule has 1 atom stereocenters. The lowest BCUT2D eigenvalue weighted by molar-refractivity contribution is -0.387. The largest absolute Gasteiger partial charge is 0.319 e. The van der Waals surface area contributed by atoms with Gasteiger partial charge in [-0.05, 0) is 44.8 Å². The van der Waals surface area contributed by atoms with E-state index in [4.69, 9.17) is 0 Å². The van der Waals surface area contributed by atoms with Gasteiger partial charge >= 0.3 is 0 Å². The topological polar surface area (TPSA) is 92.6 Å². The van der Waals surface area contributed by atoms with Gasteiger partial charge in [-0.25, -0.2) is 8.42 Å². The first-order chi connectivity index (χ1) is 10.4. The summed E-state index contributed by atoms with van der Waals surface area (Å²) < 4.78 is 27.2. The van der Waals surface area contributed by atoms with Crippen molar-refractivity contribution in [1.29, 1.82) is 0 Å². The number of hydrogen-bond acceptors (Lipinski definition) is 5. The zero-order chi connectivity index (χ0) is 16.3. The number of nitrogens with one attached hydrogen (secondary N) is 1. The molecule has 0 aliphatic carbocycles. The van der Waals surface area contributed by atoms with Crippen LogP contribution in [0.1, 0.15) is 18.4 Å². The van der Waals surface area contributed by atoms with Crippen LogP contribution >= 0.6 is 12.4 Å². The van der Waals surface area contributed by atoms with Crippen LogP contribution in [0.15, 0.2) is 23.1 Å². The summed E-state index contributed by atoms with van der Waals surface area (Å²) in [6, 6.07) is 4.34. The monoisotopic (exact) mass is 363 g/mol. The maximum atomic E-state index is 12.9. The Bertz CT molecular complexity index is 664. The van der Waals surface area contributed by atoms with Crippen LogP contribution in [0, 0.1) is 23.0 Å². The molecule has 1 aromatic rings. The van der Waals surface area contributed by atoms with Crippen molar-refractivity contribution in [2.24, 2.45) is 5.92 Å². The number of rotatable bonds is 5. The zero-order valence-corrected chi connectivity index (χ0v) is 14.8. The van der Waals surface area contributed by atoms with Crippen LogP contribution < -0.4 is 5.32 Å². The van der Waals surface area contributed by atoms with Gasteiger partial charge in [-0.1, -0.05) is 12.1 Å². The zero-order valence-electron chi connectivity index (χ0n) is 13.2. The van der Waals surface area contributed by atoms with Crippen molar-refractivity contribution in [3.63, 3.8) is 0 Å². The molecule has 0 radical (unpaired) electrons. The van der Waals surface area contributed by atoms with E-state index in [1.807, 2.05) is 7.05 Å². The first-order valence-electron chi connectivity index (χ1n) is 7.26. The maximum Gasteiger partial charge on any atom is 0.289 e. The second kappa shape index (κ2) is 8.05. The third-order valence-electron chi connectivity index (χ3n) is 3.96. The summed E-state index contributed by atoms with van der Waals surface area (Å²) in [5.41, 5.74) is 0.0562. The summed E-state index contributed by atoms with van der Waals surface area (Å²) in [4.78, 5) is 10.4. The van der Waals surface area contributed by atoms with Gasteiger partial charge in [0.2, 0.25) is 10.0 Å². The van der Waals surface area contributed by atoms with Crippen molar-refractivity contribution in [2.45, 2.75) is 24.7 Å². The Balaban J connectivity index is 0.00000264. The summed E-state index contributed by atoms with van der Waals surface area (Å²) in [7, 11) is -2.02. The molecule has 1 heterocycles. The summed E-state index contributed by atoms with van der Waals surface area (Å²) in [6.45, 7) is 3.14. The minimum Gasteiger partial charge on any atom is -0.319 e. The Morgan fingerprint density at radius 3 is 2.74 bits per heavy atom. The van der Waals surface area contributed by atoms with Gasteiger partial charge in [0.1, 0.15) is 0 Å². The number of halogens is 1. The first-order valence-corrected chi connectivity index (χ1v) is 8.70. The van der Waals surface area contributed by atoms with Gasteiger partial charge in [-0.3, -0.25) is 10.1 Å². The molecule has 23 heavy (non-hydrogen) atoms. The molecule has 2 rings (SSSR count). The molecule has 1 N–H and O–H groups in total. The van der Waals surface area contributed by atoms with Crippen LogP contribution in [-0.4, -0.2) is 44.3 Å². The molecule has 1 unspecified atom stereocenters. The van der Waals surface area contributed by atoms with Crippen LogP contribution in [0.25, 0.3) is 0 Å². The standard InChI is InChI=1S/C14H21N3O4S.ClH/c1-11-5-3-7-13(17(18)19)14(11)22(20,21)16-8-4-6-12(10-16)9-15-2;/h3,5,7,12,15H,4,6,8-10H2,1-2H3;1H. The summed E-state index contributed by atoms with van der Waals surface area (Å²) in [6.07, 6.45) is 1.73. The van der Waals surface area contributed by atoms with Crippen LogP contribution in [-0.2, 0) is 10.0 Å². The third-order valence-corrected chi connectivity index (χ3v) is 6.02. The number of aryl methyl sites for hydroxylation is 1. The van der Waals surface area contributed by atoms with E-state index in [-0.39, 0.29) is 28.9 Å². The smallest absolute Gasteiger partial charge is 0.289 e. The quantitative estimate of drug-likeness (QED) is 0.637. The predicted octanol–water partition coefficient (Wildman–Crippen LogP) is 1.95. The van der Waals surface area contributed by atoms with Crippen LogP contribution in [0.4, 0.5) is 5.69 Å². The number of nitro groups is 1. The highest BCUT2D eigenvalue weighted by Gasteiger charge is 2.35. The van der Waals surface area contributed by atoms with E-state index in [1.54, 1.807) is 13.0 Å². The summed E-state index contributed by atoms with van der Waals surface area (Å²) >= 11 is 0. The molecular formula is C14H22ClN3O4S. The van der Waals surface area contributed by atoms with E-state index >= 15 is 0 Å². The van der Waals surface area contributed by atoms with Gasteiger partial charge < -0.3 is 5.32 Å². The normalized spacial score (nSPS) is 19.1. The highest BCUT2D eigenvalue weighted by Crippen LogP contribution is 2.31. The molecule has 9 heteroatoms. The molecule has 7 nitrogen and oxygen atoms in total. The average Bonchev–Trinajstić information content (AvgIpc) is 2.47. The minimum atomic E-state index is -3.86. The molecule has 1 aromatic carbocycles. The van der Waals surface area contributed by atoms with Crippen molar-refractivity contribution in [3.05, 3.63) is 33.9 Å². The second-order valence-electron chi connectivity index (χ2n) is 5.61. The van der Waals surface area contributed by atoms with E-state index < -0.39 is 14.9 Å². The van der Waals surface area contributed by atoms with Gasteiger partial charge in [-0.15, -0.1) is 12.4 Å². The number of nitro benzene ring substituents is 1. The molecule has 0 aromatic heterocycles. The Morgan fingerprint density at radius 2 is 2.13 bits per heavy atom. The lowest BCUT2D eigenvalue weighted by Gasteiger charge is -2.32. The highest BCUT2D eigenvalue weighted by molar-refractivity contribution is 7.89.